The summed E-state index contributed by atoms with van der Waals surface area (Å²) < 4.78 is 5.16. The number of aryl methyl sites for hydroxylation is 2. The molecule has 2 heterocycles. The number of ether oxygens (including phenoxy) is 1. The Kier molecular flexibility index (Phi) is 6.54. The van der Waals surface area contributed by atoms with Gasteiger partial charge in [-0.05, 0) is 45.4 Å². The van der Waals surface area contributed by atoms with Crippen LogP contribution in [0.1, 0.15) is 34.9 Å². The van der Waals surface area contributed by atoms with E-state index in [4.69, 9.17) is 4.74 Å². The minimum Gasteiger partial charge on any atom is -0.462 e. The first-order valence-electron chi connectivity index (χ1n) is 9.27. The molecular weight excluding hydrogens is 406 g/mol. The van der Waals surface area contributed by atoms with E-state index in [1.54, 1.807) is 18.9 Å². The molecule has 2 aromatic heterocycles. The smallest absolute Gasteiger partial charge is 0.348 e. The second-order valence-electron chi connectivity index (χ2n) is 6.53. The van der Waals surface area contributed by atoms with Crippen LogP contribution < -0.4 is 4.90 Å². The molecule has 0 unspecified atom stereocenters. The number of thioether (sulfide) groups is 1. The van der Waals surface area contributed by atoms with Crippen molar-refractivity contribution in [1.82, 2.24) is 9.97 Å². The second kappa shape index (κ2) is 8.92. The normalized spacial score (nSPS) is 12.0. The summed E-state index contributed by atoms with van der Waals surface area (Å²) in [6, 6.07) is 9.52. The third-order valence-electron chi connectivity index (χ3n) is 4.44. The van der Waals surface area contributed by atoms with Gasteiger partial charge in [0, 0.05) is 18.1 Å². The van der Waals surface area contributed by atoms with E-state index < -0.39 is 0 Å². The highest BCUT2D eigenvalue weighted by Gasteiger charge is 2.25. The number of rotatable bonds is 6. The van der Waals surface area contributed by atoms with Crippen LogP contribution in [-0.4, -0.2) is 40.7 Å². The quantitative estimate of drug-likeness (QED) is 0.323. The van der Waals surface area contributed by atoms with Crippen LogP contribution in [0.2, 0.25) is 0 Å². The maximum Gasteiger partial charge on any atom is 0.348 e. The average molecular weight is 430 g/mol. The molecule has 3 aromatic rings. The first-order chi connectivity index (χ1) is 13.8. The van der Waals surface area contributed by atoms with Crippen LogP contribution in [0.3, 0.4) is 0 Å². The Morgan fingerprint density at radius 3 is 2.55 bits per heavy atom. The summed E-state index contributed by atoms with van der Waals surface area (Å²) in [4.78, 5) is 37.2. The average Bonchev–Trinajstić information content (AvgIpc) is 3.04. The largest absolute Gasteiger partial charge is 0.462 e. The van der Waals surface area contributed by atoms with Crippen molar-refractivity contribution in [2.45, 2.75) is 38.0 Å². The molecule has 3 rings (SSSR count). The van der Waals surface area contributed by atoms with Crippen molar-refractivity contribution in [1.29, 1.82) is 0 Å². The van der Waals surface area contributed by atoms with Crippen LogP contribution in [-0.2, 0) is 9.53 Å². The van der Waals surface area contributed by atoms with Crippen molar-refractivity contribution in [2.75, 3.05) is 18.6 Å². The maximum atomic E-state index is 12.9. The Morgan fingerprint density at radius 2 is 1.90 bits per heavy atom. The number of carbonyl (C=O) groups excluding carboxylic acids is 2. The number of hydrogen-bond acceptors (Lipinski definition) is 7. The number of nitrogens with zero attached hydrogens (tertiary/aromatic N) is 3. The van der Waals surface area contributed by atoms with Crippen LogP contribution in [0.15, 0.2) is 35.4 Å². The molecule has 0 spiro atoms. The summed E-state index contributed by atoms with van der Waals surface area (Å²) in [5.41, 5.74) is 1.63. The van der Waals surface area contributed by atoms with Gasteiger partial charge in [-0.15, -0.1) is 11.3 Å². The fourth-order valence-electron chi connectivity index (χ4n) is 2.95. The number of aromatic nitrogens is 2. The number of benzene rings is 1. The zero-order valence-corrected chi connectivity index (χ0v) is 18.7. The molecule has 0 N–H and O–H groups in total. The number of thiophene rings is 1. The van der Waals surface area contributed by atoms with E-state index in [1.807, 2.05) is 51.1 Å². The second-order valence-corrected chi connectivity index (χ2v) is 8.85. The number of anilines is 1. The number of fused-ring (bicyclic) bond motifs is 1. The van der Waals surface area contributed by atoms with Crippen LogP contribution >= 0.6 is 23.1 Å². The number of esters is 1. The molecule has 0 aliphatic heterocycles. The Bertz CT molecular complexity index is 1050. The number of hydrogen-bond donors (Lipinski definition) is 0. The van der Waals surface area contributed by atoms with Gasteiger partial charge in [-0.1, -0.05) is 30.0 Å². The molecule has 152 valence electrons. The molecule has 0 radical (unpaired) electrons. The van der Waals surface area contributed by atoms with E-state index in [9.17, 15) is 9.59 Å². The van der Waals surface area contributed by atoms with E-state index in [2.05, 4.69) is 9.97 Å². The minimum atomic E-state index is -0.358. The van der Waals surface area contributed by atoms with Crippen molar-refractivity contribution < 1.29 is 14.3 Å². The fourth-order valence-corrected chi connectivity index (χ4v) is 5.28. The predicted molar refractivity (Wildman–Crippen MR) is 118 cm³/mol. The summed E-state index contributed by atoms with van der Waals surface area (Å²) in [6.45, 7) is 7.64. The fraction of sp³-hybridized carbons (Fsp3) is 0.333. The van der Waals surface area contributed by atoms with Gasteiger partial charge in [0.25, 0.3) is 0 Å². The van der Waals surface area contributed by atoms with Gasteiger partial charge in [-0.25, -0.2) is 14.8 Å². The zero-order chi connectivity index (χ0) is 21.1. The van der Waals surface area contributed by atoms with Crippen molar-refractivity contribution >= 4 is 50.9 Å². The summed E-state index contributed by atoms with van der Waals surface area (Å²) in [5, 5.41) is 1.16. The van der Waals surface area contributed by atoms with Gasteiger partial charge in [0.2, 0.25) is 5.91 Å². The van der Waals surface area contributed by atoms with E-state index in [0.717, 1.165) is 21.5 Å². The summed E-state index contributed by atoms with van der Waals surface area (Å²) in [7, 11) is 1.77. The maximum absolute atomic E-state index is 12.9. The first-order valence-corrected chi connectivity index (χ1v) is 11.0. The van der Waals surface area contributed by atoms with Gasteiger partial charge >= 0.3 is 5.97 Å². The zero-order valence-electron chi connectivity index (χ0n) is 17.1. The van der Waals surface area contributed by atoms with Gasteiger partial charge in [-0.3, -0.25) is 4.79 Å². The molecule has 0 saturated carbocycles. The van der Waals surface area contributed by atoms with E-state index in [1.165, 1.54) is 23.1 Å². The van der Waals surface area contributed by atoms with Crippen molar-refractivity contribution in [3.05, 3.63) is 46.6 Å². The third-order valence-corrected chi connectivity index (χ3v) is 6.68. The topological polar surface area (TPSA) is 72.4 Å². The van der Waals surface area contributed by atoms with Crippen LogP contribution in [0.4, 0.5) is 5.69 Å². The molecule has 0 aliphatic carbocycles. The Labute approximate surface area is 178 Å². The number of amides is 1. The van der Waals surface area contributed by atoms with Crippen molar-refractivity contribution in [3.8, 4) is 0 Å². The van der Waals surface area contributed by atoms with Gasteiger partial charge in [0.15, 0.2) is 0 Å². The third kappa shape index (κ3) is 4.43. The lowest BCUT2D eigenvalue weighted by atomic mass is 10.2. The summed E-state index contributed by atoms with van der Waals surface area (Å²) in [6.07, 6.45) is 0. The highest BCUT2D eigenvalue weighted by molar-refractivity contribution is 8.00. The Morgan fingerprint density at radius 1 is 1.21 bits per heavy atom. The molecule has 0 aliphatic rings. The Hall–Kier alpha value is -2.45. The molecule has 8 heteroatoms. The van der Waals surface area contributed by atoms with Crippen LogP contribution in [0, 0.1) is 13.8 Å². The predicted octanol–water partition coefficient (Wildman–Crippen LogP) is 4.63. The standard InChI is InChI=1S/C21H23N3O3S2/c1-6-27-21(26)17-12(2)16-18(22-14(4)23-19(16)29-17)28-13(3)20(25)24(5)15-10-8-7-9-11-15/h7-11,13H,6H2,1-5H3/t13-/m0/s1. The van der Waals surface area contributed by atoms with Gasteiger partial charge in [-0.2, -0.15) is 0 Å². The van der Waals surface area contributed by atoms with Crippen LogP contribution in [0.5, 0.6) is 0 Å². The van der Waals surface area contributed by atoms with E-state index in [0.29, 0.717) is 22.3 Å². The SMILES string of the molecule is CCOC(=O)c1sc2nc(C)nc(S[C@@H](C)C(=O)N(C)c3ccccc3)c2c1C. The molecule has 1 amide bonds. The molecule has 6 nitrogen and oxygen atoms in total. The highest BCUT2D eigenvalue weighted by atomic mass is 32.2. The Balaban J connectivity index is 1.93. The molecule has 0 bridgehead atoms. The van der Waals surface area contributed by atoms with Gasteiger partial charge in [0.1, 0.15) is 20.6 Å². The lowest BCUT2D eigenvalue weighted by molar-refractivity contribution is -0.117. The first kappa shape index (κ1) is 21.3. The van der Waals surface area contributed by atoms with E-state index >= 15 is 0 Å². The monoisotopic (exact) mass is 429 g/mol. The van der Waals surface area contributed by atoms with E-state index in [-0.39, 0.29) is 17.1 Å². The van der Waals surface area contributed by atoms with Gasteiger partial charge in [0.05, 0.1) is 11.9 Å². The molecule has 1 atom stereocenters. The van der Waals surface area contributed by atoms with Crippen LogP contribution in [0.25, 0.3) is 10.2 Å². The minimum absolute atomic E-state index is 0.0240. The molecular formula is C21H23N3O3S2. The van der Waals surface area contributed by atoms with Crippen molar-refractivity contribution in [2.24, 2.45) is 0 Å². The molecule has 0 fully saturated rings. The molecule has 1 aromatic carbocycles. The lowest BCUT2D eigenvalue weighted by Crippen LogP contribution is -2.33. The summed E-state index contributed by atoms with van der Waals surface area (Å²) >= 11 is 2.69. The molecule has 0 saturated heterocycles. The molecule has 29 heavy (non-hydrogen) atoms. The summed E-state index contributed by atoms with van der Waals surface area (Å²) in [5.74, 6) is 0.228. The number of carbonyl (C=O) groups is 2. The number of para-hydroxylation sites is 1. The van der Waals surface area contributed by atoms with Gasteiger partial charge < -0.3 is 9.64 Å². The lowest BCUT2D eigenvalue weighted by Gasteiger charge is -2.21. The van der Waals surface area contributed by atoms with Crippen molar-refractivity contribution in [3.63, 3.8) is 0 Å². The highest BCUT2D eigenvalue weighted by Crippen LogP contribution is 2.37.